The van der Waals surface area contributed by atoms with E-state index in [0.29, 0.717) is 53.7 Å². The molecule has 2 aromatic heterocycles. The summed E-state index contributed by atoms with van der Waals surface area (Å²) in [6, 6.07) is 7.36. The lowest BCUT2D eigenvalue weighted by Crippen LogP contribution is -2.33. The molecule has 0 radical (unpaired) electrons. The Morgan fingerprint density at radius 3 is 2.62 bits per heavy atom. The van der Waals surface area contributed by atoms with Crippen molar-refractivity contribution < 1.29 is 24.5 Å². The SMILES string of the molecule is CCCCNC(=O)c1ccc(CNc2ncnc3c2ncn3[C@@H]2O[C@H](CSCCNC(C)=O)[C@@H](O)[C@H]2O)cc1. The van der Waals surface area contributed by atoms with Gasteiger partial charge in [0, 0.05) is 43.6 Å². The Balaban J connectivity index is 1.37. The number of carbonyl (C=O) groups excluding carboxylic acids is 2. The number of aromatic nitrogens is 4. The van der Waals surface area contributed by atoms with Crippen molar-refractivity contribution in [3.63, 3.8) is 0 Å². The molecule has 3 aromatic rings. The van der Waals surface area contributed by atoms with Gasteiger partial charge < -0.3 is 30.9 Å². The predicted molar refractivity (Wildman–Crippen MR) is 148 cm³/mol. The molecule has 5 N–H and O–H groups in total. The second kappa shape index (κ2) is 13.7. The summed E-state index contributed by atoms with van der Waals surface area (Å²) in [7, 11) is 0. The van der Waals surface area contributed by atoms with E-state index in [2.05, 4.69) is 37.8 Å². The summed E-state index contributed by atoms with van der Waals surface area (Å²) in [4.78, 5) is 36.3. The van der Waals surface area contributed by atoms with Crippen LogP contribution in [0.5, 0.6) is 0 Å². The first-order valence-corrected chi connectivity index (χ1v) is 14.2. The number of benzene rings is 1. The van der Waals surface area contributed by atoms with Crippen molar-refractivity contribution in [2.45, 2.75) is 57.8 Å². The van der Waals surface area contributed by atoms with Gasteiger partial charge in [-0.1, -0.05) is 25.5 Å². The number of aliphatic hydroxyl groups excluding tert-OH is 2. The molecule has 0 bridgehead atoms. The van der Waals surface area contributed by atoms with Gasteiger partial charge in [0.15, 0.2) is 23.2 Å². The van der Waals surface area contributed by atoms with Crippen LogP contribution in [-0.4, -0.2) is 84.5 Å². The number of aliphatic hydroxyl groups is 2. The lowest BCUT2D eigenvalue weighted by atomic mass is 10.1. The van der Waals surface area contributed by atoms with Crippen molar-refractivity contribution in [2.75, 3.05) is 29.9 Å². The van der Waals surface area contributed by atoms with Gasteiger partial charge >= 0.3 is 0 Å². The quantitative estimate of drug-likeness (QED) is 0.194. The van der Waals surface area contributed by atoms with E-state index in [1.807, 2.05) is 12.1 Å². The van der Waals surface area contributed by atoms with Gasteiger partial charge in [0.05, 0.1) is 12.4 Å². The number of nitrogens with zero attached hydrogens (tertiary/aromatic N) is 4. The van der Waals surface area contributed by atoms with E-state index in [-0.39, 0.29) is 11.8 Å². The standard InChI is InChI=1S/C26H35N7O5S/c1-3-4-9-28-25(37)18-7-5-17(6-8-18)12-29-23-20-24(31-14-30-23)33(15-32-20)26-22(36)21(35)19(38-26)13-39-11-10-27-16(2)34/h5-8,14-15,19,21-22,26,35-36H,3-4,9-13H2,1-2H3,(H,27,34)(H,28,37)(H,29,30,31)/t19-,21-,22-,26-/m1/s1. The summed E-state index contributed by atoms with van der Waals surface area (Å²) < 4.78 is 7.60. The number of rotatable bonds is 13. The van der Waals surface area contributed by atoms with Crippen LogP contribution in [0.2, 0.25) is 0 Å². The fourth-order valence-electron chi connectivity index (χ4n) is 4.20. The van der Waals surface area contributed by atoms with Crippen LogP contribution in [0.15, 0.2) is 36.9 Å². The molecule has 13 heteroatoms. The van der Waals surface area contributed by atoms with Crippen LogP contribution in [0.3, 0.4) is 0 Å². The molecule has 12 nitrogen and oxygen atoms in total. The van der Waals surface area contributed by atoms with Gasteiger partial charge in [-0.15, -0.1) is 0 Å². The van der Waals surface area contributed by atoms with E-state index in [4.69, 9.17) is 4.74 Å². The fraction of sp³-hybridized carbons (Fsp3) is 0.500. The van der Waals surface area contributed by atoms with Crippen molar-refractivity contribution in [3.05, 3.63) is 48.0 Å². The number of carbonyl (C=O) groups is 2. The zero-order valence-electron chi connectivity index (χ0n) is 22.0. The van der Waals surface area contributed by atoms with Crippen LogP contribution in [0.4, 0.5) is 5.82 Å². The third-order valence-electron chi connectivity index (χ3n) is 6.36. The number of ether oxygens (including phenoxy) is 1. The lowest BCUT2D eigenvalue weighted by Gasteiger charge is -2.16. The molecule has 39 heavy (non-hydrogen) atoms. The van der Waals surface area contributed by atoms with Crippen molar-refractivity contribution in [3.8, 4) is 0 Å². The Kier molecular flexibility index (Phi) is 10.1. The van der Waals surface area contributed by atoms with Gasteiger partial charge in [-0.2, -0.15) is 11.8 Å². The van der Waals surface area contributed by atoms with Gasteiger partial charge in [0.25, 0.3) is 5.91 Å². The monoisotopic (exact) mass is 557 g/mol. The average molecular weight is 558 g/mol. The van der Waals surface area contributed by atoms with E-state index in [9.17, 15) is 19.8 Å². The highest BCUT2D eigenvalue weighted by Gasteiger charge is 2.44. The van der Waals surface area contributed by atoms with Crippen LogP contribution >= 0.6 is 11.8 Å². The van der Waals surface area contributed by atoms with Gasteiger partial charge in [0.1, 0.15) is 18.5 Å². The molecule has 1 aliphatic heterocycles. The van der Waals surface area contributed by atoms with E-state index in [0.717, 1.165) is 18.4 Å². The van der Waals surface area contributed by atoms with Crippen molar-refractivity contribution >= 4 is 40.6 Å². The molecule has 0 saturated carbocycles. The molecule has 4 atom stereocenters. The Morgan fingerprint density at radius 1 is 1.08 bits per heavy atom. The maximum Gasteiger partial charge on any atom is 0.251 e. The molecule has 0 aliphatic carbocycles. The minimum Gasteiger partial charge on any atom is -0.387 e. The van der Waals surface area contributed by atoms with Gasteiger partial charge in [-0.25, -0.2) is 15.0 Å². The number of hydrogen-bond donors (Lipinski definition) is 5. The summed E-state index contributed by atoms with van der Waals surface area (Å²) >= 11 is 1.52. The maximum absolute atomic E-state index is 12.2. The first-order valence-electron chi connectivity index (χ1n) is 13.0. The summed E-state index contributed by atoms with van der Waals surface area (Å²) in [5, 5.41) is 30.1. The Labute approximate surface area is 231 Å². The smallest absolute Gasteiger partial charge is 0.251 e. The van der Waals surface area contributed by atoms with Crippen molar-refractivity contribution in [1.82, 2.24) is 30.2 Å². The zero-order chi connectivity index (χ0) is 27.8. The minimum atomic E-state index is -1.16. The number of imidazole rings is 1. The molecular formula is C26H35N7O5S. The van der Waals surface area contributed by atoms with Crippen LogP contribution in [0.1, 0.15) is 48.8 Å². The largest absolute Gasteiger partial charge is 0.387 e. The first kappa shape index (κ1) is 28.7. The minimum absolute atomic E-state index is 0.0849. The van der Waals surface area contributed by atoms with Gasteiger partial charge in [-0.05, 0) is 24.1 Å². The average Bonchev–Trinajstić information content (AvgIpc) is 3.48. The molecule has 1 aliphatic rings. The number of anilines is 1. The number of unbranched alkanes of at least 4 members (excludes halogenated alkanes) is 1. The van der Waals surface area contributed by atoms with Crippen LogP contribution in [0.25, 0.3) is 11.2 Å². The third-order valence-corrected chi connectivity index (χ3v) is 7.42. The van der Waals surface area contributed by atoms with E-state index in [1.165, 1.54) is 31.3 Å². The molecule has 1 saturated heterocycles. The van der Waals surface area contributed by atoms with E-state index < -0.39 is 24.5 Å². The molecule has 0 spiro atoms. The highest BCUT2D eigenvalue weighted by molar-refractivity contribution is 7.99. The summed E-state index contributed by atoms with van der Waals surface area (Å²) in [5.74, 6) is 1.46. The second-order valence-electron chi connectivity index (χ2n) is 9.31. The molecule has 3 heterocycles. The molecule has 210 valence electrons. The number of thioether (sulfide) groups is 1. The third kappa shape index (κ3) is 7.24. The lowest BCUT2D eigenvalue weighted by molar-refractivity contribution is -0.118. The predicted octanol–water partition coefficient (Wildman–Crippen LogP) is 1.46. The first-order chi connectivity index (χ1) is 18.9. The Hall–Kier alpha value is -3.26. The van der Waals surface area contributed by atoms with Crippen molar-refractivity contribution in [2.24, 2.45) is 0 Å². The highest BCUT2D eigenvalue weighted by atomic mass is 32.2. The Bertz CT molecular complexity index is 1260. The molecule has 1 fully saturated rings. The highest BCUT2D eigenvalue weighted by Crippen LogP contribution is 2.33. The molecule has 1 aromatic carbocycles. The Morgan fingerprint density at radius 2 is 1.87 bits per heavy atom. The second-order valence-corrected chi connectivity index (χ2v) is 10.5. The topological polar surface area (TPSA) is 164 Å². The van der Waals surface area contributed by atoms with Gasteiger partial charge in [0.2, 0.25) is 5.91 Å². The summed E-state index contributed by atoms with van der Waals surface area (Å²) in [6.07, 6.45) is 1.22. The van der Waals surface area contributed by atoms with Crippen LogP contribution < -0.4 is 16.0 Å². The molecular weight excluding hydrogens is 522 g/mol. The normalized spacial score (nSPS) is 20.7. The number of amides is 2. The maximum atomic E-state index is 12.2. The zero-order valence-corrected chi connectivity index (χ0v) is 22.9. The number of hydrogen-bond acceptors (Lipinski definition) is 10. The summed E-state index contributed by atoms with van der Waals surface area (Å²) in [6.45, 7) is 5.18. The van der Waals surface area contributed by atoms with Crippen LogP contribution in [0, 0.1) is 0 Å². The summed E-state index contributed by atoms with van der Waals surface area (Å²) in [5.41, 5.74) is 2.53. The fourth-order valence-corrected chi connectivity index (χ4v) is 5.12. The van der Waals surface area contributed by atoms with Crippen molar-refractivity contribution in [1.29, 1.82) is 0 Å². The van der Waals surface area contributed by atoms with E-state index >= 15 is 0 Å². The molecule has 0 unspecified atom stereocenters. The number of nitrogens with one attached hydrogen (secondary N) is 3. The molecule has 2 amide bonds. The molecule has 4 rings (SSSR count). The van der Waals surface area contributed by atoms with E-state index in [1.54, 1.807) is 16.7 Å². The number of fused-ring (bicyclic) bond motifs is 1. The van der Waals surface area contributed by atoms with Crippen LogP contribution in [-0.2, 0) is 16.1 Å². The van der Waals surface area contributed by atoms with Gasteiger partial charge in [-0.3, -0.25) is 14.2 Å².